The van der Waals surface area contributed by atoms with Crippen molar-refractivity contribution in [2.75, 3.05) is 24.7 Å². The minimum Gasteiger partial charge on any atom is -0.367 e. The van der Waals surface area contributed by atoms with Crippen molar-refractivity contribution in [3.63, 3.8) is 0 Å². The molecule has 2 rings (SSSR count). The van der Waals surface area contributed by atoms with Gasteiger partial charge in [-0.2, -0.15) is 5.10 Å². The number of hydrogen-bond donors (Lipinski definition) is 2. The number of fused-ring (bicyclic) bond motifs is 1. The van der Waals surface area contributed by atoms with E-state index in [1.807, 2.05) is 24.3 Å². The van der Waals surface area contributed by atoms with E-state index < -0.39 is 10.0 Å². The van der Waals surface area contributed by atoms with Gasteiger partial charge in [-0.25, -0.2) is 13.1 Å². The first-order valence-electron chi connectivity index (χ1n) is 5.45. The van der Waals surface area contributed by atoms with Crippen LogP contribution in [0.1, 0.15) is 0 Å². The van der Waals surface area contributed by atoms with Crippen molar-refractivity contribution in [3.05, 3.63) is 30.5 Å². The van der Waals surface area contributed by atoms with Crippen molar-refractivity contribution in [2.24, 2.45) is 0 Å². The van der Waals surface area contributed by atoms with Crippen LogP contribution in [0.3, 0.4) is 0 Å². The third kappa shape index (κ3) is 3.38. The molecule has 18 heavy (non-hydrogen) atoms. The molecule has 1 aromatic carbocycles. The third-order valence-electron chi connectivity index (χ3n) is 2.35. The summed E-state index contributed by atoms with van der Waals surface area (Å²) in [5.41, 5.74) is 0. The molecule has 0 amide bonds. The largest absolute Gasteiger partial charge is 0.367 e. The van der Waals surface area contributed by atoms with E-state index in [1.165, 1.54) is 0 Å². The number of aromatic nitrogens is 2. The second-order valence-electron chi connectivity index (χ2n) is 3.87. The predicted molar refractivity (Wildman–Crippen MR) is 70.9 cm³/mol. The molecule has 6 nitrogen and oxygen atoms in total. The quantitative estimate of drug-likeness (QED) is 0.774. The molecule has 0 aliphatic carbocycles. The second-order valence-corrected chi connectivity index (χ2v) is 5.71. The second kappa shape index (κ2) is 5.28. The first kappa shape index (κ1) is 12.7. The highest BCUT2D eigenvalue weighted by atomic mass is 32.2. The van der Waals surface area contributed by atoms with Gasteiger partial charge in [0.05, 0.1) is 12.5 Å². The molecule has 1 heterocycles. The molecule has 0 radical (unpaired) electrons. The maximum atomic E-state index is 10.9. The third-order valence-corrected chi connectivity index (χ3v) is 3.08. The fraction of sp³-hybridized carbons (Fsp3) is 0.273. The Hall–Kier alpha value is -1.73. The van der Waals surface area contributed by atoms with Crippen LogP contribution in [0, 0.1) is 0 Å². The highest BCUT2D eigenvalue weighted by Gasteiger charge is 2.03. The lowest BCUT2D eigenvalue weighted by atomic mass is 10.2. The van der Waals surface area contributed by atoms with E-state index in [0.29, 0.717) is 18.9 Å². The van der Waals surface area contributed by atoms with E-state index in [1.54, 1.807) is 6.20 Å². The average molecular weight is 266 g/mol. The number of hydrogen-bond acceptors (Lipinski definition) is 5. The standard InChI is InChI=1S/C11H14N4O2S/c1-18(16,17)14-7-6-12-11-10-5-3-2-4-9(10)8-13-15-11/h2-5,8,14H,6-7H2,1H3,(H,12,15). The zero-order valence-corrected chi connectivity index (χ0v) is 10.7. The number of rotatable bonds is 5. The van der Waals surface area contributed by atoms with Crippen LogP contribution in [0.25, 0.3) is 10.8 Å². The fourth-order valence-electron chi connectivity index (χ4n) is 1.58. The molecular weight excluding hydrogens is 252 g/mol. The number of sulfonamides is 1. The first-order chi connectivity index (χ1) is 8.56. The summed E-state index contributed by atoms with van der Waals surface area (Å²) in [6.45, 7) is 0.763. The topological polar surface area (TPSA) is 84.0 Å². The highest BCUT2D eigenvalue weighted by Crippen LogP contribution is 2.18. The molecule has 1 aromatic heterocycles. The summed E-state index contributed by atoms with van der Waals surface area (Å²) in [5, 5.41) is 12.9. The van der Waals surface area contributed by atoms with Gasteiger partial charge in [0, 0.05) is 23.9 Å². The Labute approximate surface area is 105 Å². The van der Waals surface area contributed by atoms with Crippen LogP contribution in [0.15, 0.2) is 30.5 Å². The van der Waals surface area contributed by atoms with E-state index in [4.69, 9.17) is 0 Å². The van der Waals surface area contributed by atoms with Crippen LogP contribution in [-0.2, 0) is 10.0 Å². The van der Waals surface area contributed by atoms with Crippen molar-refractivity contribution < 1.29 is 8.42 Å². The molecule has 0 saturated heterocycles. The van der Waals surface area contributed by atoms with Gasteiger partial charge >= 0.3 is 0 Å². The Balaban J connectivity index is 2.04. The monoisotopic (exact) mass is 266 g/mol. The number of anilines is 1. The summed E-state index contributed by atoms with van der Waals surface area (Å²) in [4.78, 5) is 0. The van der Waals surface area contributed by atoms with E-state index in [0.717, 1.165) is 17.0 Å². The SMILES string of the molecule is CS(=O)(=O)NCCNc1nncc2ccccc12. The molecule has 0 unspecified atom stereocenters. The Morgan fingerprint density at radius 3 is 2.78 bits per heavy atom. The molecule has 2 aromatic rings. The average Bonchev–Trinajstić information content (AvgIpc) is 2.33. The van der Waals surface area contributed by atoms with Crippen LogP contribution >= 0.6 is 0 Å². The van der Waals surface area contributed by atoms with Crippen LogP contribution in [0.5, 0.6) is 0 Å². The summed E-state index contributed by atoms with van der Waals surface area (Å²) in [7, 11) is -3.15. The van der Waals surface area contributed by atoms with Gasteiger partial charge in [-0.15, -0.1) is 5.10 Å². The maximum Gasteiger partial charge on any atom is 0.208 e. The normalized spacial score (nSPS) is 11.6. The van der Waals surface area contributed by atoms with Crippen LogP contribution in [0.2, 0.25) is 0 Å². The molecule has 0 atom stereocenters. The molecule has 0 aliphatic heterocycles. The van der Waals surface area contributed by atoms with Gasteiger partial charge in [0.2, 0.25) is 10.0 Å². The van der Waals surface area contributed by atoms with Gasteiger partial charge in [-0.1, -0.05) is 24.3 Å². The number of nitrogens with one attached hydrogen (secondary N) is 2. The molecule has 0 saturated carbocycles. The summed E-state index contributed by atoms with van der Waals surface area (Å²) < 4.78 is 24.2. The Morgan fingerprint density at radius 2 is 2.00 bits per heavy atom. The van der Waals surface area contributed by atoms with Gasteiger partial charge in [-0.3, -0.25) is 0 Å². The van der Waals surface area contributed by atoms with Crippen LogP contribution in [0.4, 0.5) is 5.82 Å². The van der Waals surface area contributed by atoms with Gasteiger partial charge in [0.25, 0.3) is 0 Å². The summed E-state index contributed by atoms with van der Waals surface area (Å²) in [5.74, 6) is 0.656. The van der Waals surface area contributed by atoms with E-state index in [9.17, 15) is 8.42 Å². The molecule has 0 fully saturated rings. The van der Waals surface area contributed by atoms with Crippen molar-refractivity contribution in [1.82, 2.24) is 14.9 Å². The lowest BCUT2D eigenvalue weighted by Gasteiger charge is -2.07. The van der Waals surface area contributed by atoms with Crippen molar-refractivity contribution in [3.8, 4) is 0 Å². The molecule has 0 bridgehead atoms. The number of benzene rings is 1. The molecule has 2 N–H and O–H groups in total. The van der Waals surface area contributed by atoms with Gasteiger partial charge < -0.3 is 5.32 Å². The smallest absolute Gasteiger partial charge is 0.208 e. The summed E-state index contributed by atoms with van der Waals surface area (Å²) in [6, 6.07) is 7.74. The van der Waals surface area contributed by atoms with E-state index >= 15 is 0 Å². The van der Waals surface area contributed by atoms with E-state index in [-0.39, 0.29) is 0 Å². The molecular formula is C11H14N4O2S. The lowest BCUT2D eigenvalue weighted by molar-refractivity contribution is 0.589. The Kier molecular flexibility index (Phi) is 3.73. The zero-order chi connectivity index (χ0) is 13.0. The van der Waals surface area contributed by atoms with Crippen molar-refractivity contribution in [1.29, 1.82) is 0 Å². The zero-order valence-electron chi connectivity index (χ0n) is 9.92. The maximum absolute atomic E-state index is 10.9. The minimum atomic E-state index is -3.15. The van der Waals surface area contributed by atoms with Crippen LogP contribution < -0.4 is 10.0 Å². The van der Waals surface area contributed by atoms with Gasteiger partial charge in [-0.05, 0) is 0 Å². The summed E-state index contributed by atoms with van der Waals surface area (Å²) in [6.07, 6.45) is 2.82. The molecule has 0 spiro atoms. The minimum absolute atomic E-state index is 0.309. The molecule has 7 heteroatoms. The molecule has 0 aliphatic rings. The van der Waals surface area contributed by atoms with Crippen LogP contribution in [-0.4, -0.2) is 38.0 Å². The van der Waals surface area contributed by atoms with Crippen molar-refractivity contribution in [2.45, 2.75) is 0 Å². The predicted octanol–water partition coefficient (Wildman–Crippen LogP) is 0.591. The van der Waals surface area contributed by atoms with E-state index in [2.05, 4.69) is 20.2 Å². The number of nitrogens with zero attached hydrogens (tertiary/aromatic N) is 2. The van der Waals surface area contributed by atoms with Gasteiger partial charge in [0.1, 0.15) is 0 Å². The Bertz CT molecular complexity index is 637. The first-order valence-corrected chi connectivity index (χ1v) is 7.34. The Morgan fingerprint density at radius 1 is 1.22 bits per heavy atom. The highest BCUT2D eigenvalue weighted by molar-refractivity contribution is 7.88. The lowest BCUT2D eigenvalue weighted by Crippen LogP contribution is -2.27. The van der Waals surface area contributed by atoms with Crippen molar-refractivity contribution >= 4 is 26.6 Å². The summed E-state index contributed by atoms with van der Waals surface area (Å²) >= 11 is 0. The van der Waals surface area contributed by atoms with Gasteiger partial charge in [0.15, 0.2) is 5.82 Å². The molecule has 96 valence electrons. The fourth-order valence-corrected chi connectivity index (χ4v) is 2.05.